The lowest BCUT2D eigenvalue weighted by atomic mass is 9.94. The van der Waals surface area contributed by atoms with Crippen LogP contribution in [0.15, 0.2) is 4.99 Å². The van der Waals surface area contributed by atoms with E-state index in [2.05, 4.69) is 74.1 Å². The molecule has 0 spiro atoms. The van der Waals surface area contributed by atoms with Crippen LogP contribution in [0.25, 0.3) is 0 Å². The van der Waals surface area contributed by atoms with Crippen molar-refractivity contribution in [1.82, 2.24) is 69.1 Å². The Balaban J connectivity index is 3.80. The van der Waals surface area contributed by atoms with Gasteiger partial charge in [-0.3, -0.25) is 81.7 Å². The van der Waals surface area contributed by atoms with Crippen molar-refractivity contribution < 1.29 is 81.8 Å². The Hall–Kier alpha value is -9.29. The summed E-state index contributed by atoms with van der Waals surface area (Å²) in [4.78, 5) is 222. The zero-order valence-electron chi connectivity index (χ0n) is 61.9. The predicted molar refractivity (Wildman–Crippen MR) is 384 cm³/mol. The van der Waals surface area contributed by atoms with Crippen molar-refractivity contribution in [2.24, 2.45) is 57.1 Å². The third-order valence-corrected chi connectivity index (χ3v) is 17.5. The number of guanidine groups is 1. The number of carboxylic acids is 1. The Bertz CT molecular complexity index is 2900. The number of aliphatic carboxylic acids is 1. The second kappa shape index (κ2) is 50.2. The number of hydrogen-bond donors (Lipinski definition) is 20. The van der Waals surface area contributed by atoms with Crippen LogP contribution in [0, 0.1) is 17.8 Å². The molecule has 0 aliphatic carbocycles. The van der Waals surface area contributed by atoms with Crippen molar-refractivity contribution in [3.63, 3.8) is 0 Å². The number of nitrogens with two attached hydrogens (primary N) is 6. The second-order valence-electron chi connectivity index (χ2n) is 26.9. The highest BCUT2D eigenvalue weighted by atomic mass is 16.4. The molecule has 1 saturated heterocycles. The fourth-order valence-corrected chi connectivity index (χ4v) is 11.0. The monoisotopic (exact) mass is 1480 g/mol. The third kappa shape index (κ3) is 36.7. The average Bonchev–Trinajstić information content (AvgIpc) is 0.859. The second-order valence-corrected chi connectivity index (χ2v) is 26.9. The van der Waals surface area contributed by atoms with Crippen molar-refractivity contribution >= 4 is 101 Å². The average molecular weight is 1480 g/mol. The highest BCUT2D eigenvalue weighted by Gasteiger charge is 2.38. The Morgan fingerprint density at radius 3 is 1.59 bits per heavy atom. The van der Waals surface area contributed by atoms with Gasteiger partial charge in [0, 0.05) is 32.9 Å². The predicted octanol–water partition coefficient (Wildman–Crippen LogP) is -4.21. The smallest absolute Gasteiger partial charge is 0.303 e. The van der Waals surface area contributed by atoms with Crippen LogP contribution < -0.4 is 104 Å². The Morgan fingerprint density at radius 1 is 0.558 bits per heavy atom. The first-order valence-electron chi connectivity index (χ1n) is 36.2. The molecule has 0 bridgehead atoms. The molecule has 0 aromatic carbocycles. The number of hydrogen-bond acceptors (Lipinski definition) is 19. The molecule has 590 valence electrons. The van der Waals surface area contributed by atoms with Crippen LogP contribution in [-0.2, 0) is 76.7 Å². The molecular weight excluding hydrogens is 1360 g/mol. The van der Waals surface area contributed by atoms with E-state index in [-0.39, 0.29) is 121 Å². The highest BCUT2D eigenvalue weighted by molar-refractivity contribution is 6.00. The molecule has 0 aromatic heterocycles. The summed E-state index contributed by atoms with van der Waals surface area (Å²) < 4.78 is 0. The minimum Gasteiger partial charge on any atom is -0.481 e. The third-order valence-electron chi connectivity index (χ3n) is 17.5. The number of rotatable bonds is 44. The van der Waals surface area contributed by atoms with Gasteiger partial charge in [0.1, 0.15) is 72.5 Å². The molecule has 104 heavy (non-hydrogen) atoms. The van der Waals surface area contributed by atoms with Crippen LogP contribution in [-0.4, -0.2) is 204 Å². The van der Waals surface area contributed by atoms with E-state index < -0.39 is 192 Å². The topological polar surface area (TPSA) is 618 Å². The van der Waals surface area contributed by atoms with Crippen molar-refractivity contribution in [2.45, 2.75) is 276 Å². The fraction of sp³-hybridized carbons (Fsp3) is 0.746. The van der Waals surface area contributed by atoms with E-state index in [9.17, 15) is 81.8 Å². The Morgan fingerprint density at radius 2 is 1.07 bits per heavy atom. The summed E-state index contributed by atoms with van der Waals surface area (Å²) in [7, 11) is 0. The van der Waals surface area contributed by atoms with Gasteiger partial charge in [-0.1, -0.05) is 74.1 Å². The summed E-state index contributed by atoms with van der Waals surface area (Å²) in [6, 6.07) is -16.9. The van der Waals surface area contributed by atoms with Gasteiger partial charge in [-0.05, 0) is 134 Å². The molecule has 1 rings (SSSR count). The van der Waals surface area contributed by atoms with Crippen LogP contribution in [0.4, 0.5) is 0 Å². The van der Waals surface area contributed by atoms with Crippen LogP contribution in [0.3, 0.4) is 0 Å². The lowest BCUT2D eigenvalue weighted by Gasteiger charge is -2.30. The van der Waals surface area contributed by atoms with Crippen molar-refractivity contribution in [3.05, 3.63) is 0 Å². The van der Waals surface area contributed by atoms with E-state index in [1.54, 1.807) is 41.5 Å². The number of carboxylic acid groups (broad SMARTS) is 1. The molecule has 15 amide bonds. The summed E-state index contributed by atoms with van der Waals surface area (Å²) in [6.07, 6.45) is 0.652. The molecule has 0 radical (unpaired) electrons. The van der Waals surface area contributed by atoms with E-state index in [0.29, 0.717) is 44.9 Å². The summed E-state index contributed by atoms with van der Waals surface area (Å²) >= 11 is 0. The summed E-state index contributed by atoms with van der Waals surface area (Å²) in [6.45, 7) is 15.1. The minimum absolute atomic E-state index is 0.00513. The van der Waals surface area contributed by atoms with Gasteiger partial charge in [-0.2, -0.15) is 0 Å². The van der Waals surface area contributed by atoms with Gasteiger partial charge in [-0.25, -0.2) is 0 Å². The number of carbonyl (C=O) groups is 16. The first-order valence-corrected chi connectivity index (χ1v) is 36.2. The summed E-state index contributed by atoms with van der Waals surface area (Å²) in [5.74, 6) is -15.7. The lowest BCUT2D eigenvalue weighted by molar-refractivity contribution is -0.139. The largest absolute Gasteiger partial charge is 0.481 e. The zero-order valence-corrected chi connectivity index (χ0v) is 61.9. The van der Waals surface area contributed by atoms with Gasteiger partial charge in [-0.15, -0.1) is 0 Å². The van der Waals surface area contributed by atoms with Crippen LogP contribution in [0.1, 0.15) is 204 Å². The number of unbranched alkanes of at least 4 members (excludes halogenated alkanes) is 3. The van der Waals surface area contributed by atoms with Gasteiger partial charge >= 0.3 is 5.97 Å². The standard InChI is InChI=1S/C67H120N20O17/c1-10-13-21-41(58(96)83-47(27-29-52(91)92)63(101)87-54(38(7)12-3)66(104)86-53(55(71)93)37(6)11-2)81-64(102)48(34-36(4)5)84-61(99)43(23-15-18-31-69)79-60(98)45(25-20-33-75-67(72)73)82-65(103)49(35-50(70)89)85-62(100)44-24-16-19-32-74-51(90)28-26-46(77-40(9)88)57(95)76-39(8)56(94)78-42(59(97)80-44)22-14-17-30-68/h36-39,41-49,53-54H,10-35,68-69H2,1-9H3,(H2,70,89)(H2,71,93)(H,74,90)(H,76,95)(H,77,88)(H,78,94)(H,79,98)(H,80,97)(H,81,102)(H,82,103)(H,83,96)(H,84,99)(H,85,100)(H,86,104)(H,87,101)(H,91,92)(H4,72,73,75)/t37-,38-,39-,41-,42-,43-,44-,45?,46-,47-,48-,49-,53-,54-/m0/s1. The lowest BCUT2D eigenvalue weighted by Crippen LogP contribution is -2.61. The van der Waals surface area contributed by atoms with E-state index in [4.69, 9.17) is 34.4 Å². The van der Waals surface area contributed by atoms with Crippen LogP contribution >= 0.6 is 0 Å². The molecule has 0 saturated carbocycles. The molecule has 0 aromatic rings. The highest BCUT2D eigenvalue weighted by Crippen LogP contribution is 2.16. The van der Waals surface area contributed by atoms with Gasteiger partial charge < -0.3 is 109 Å². The normalized spacial score (nSPS) is 19.0. The molecule has 37 nitrogen and oxygen atoms in total. The van der Waals surface area contributed by atoms with Crippen molar-refractivity contribution in [3.8, 4) is 0 Å². The number of nitrogens with zero attached hydrogens (tertiary/aromatic N) is 1. The molecule has 1 aliphatic heterocycles. The molecular formula is C67H120N20O17. The van der Waals surface area contributed by atoms with Crippen LogP contribution in [0.2, 0.25) is 0 Å². The van der Waals surface area contributed by atoms with Crippen molar-refractivity contribution in [2.75, 3.05) is 26.2 Å². The van der Waals surface area contributed by atoms with Gasteiger partial charge in [0.25, 0.3) is 0 Å². The zero-order chi connectivity index (χ0) is 78.8. The molecule has 37 heteroatoms. The molecule has 1 fully saturated rings. The fourth-order valence-electron chi connectivity index (χ4n) is 11.0. The van der Waals surface area contributed by atoms with E-state index in [0.717, 1.165) is 0 Å². The number of amides is 15. The SMILES string of the molecule is CCCC[C@H](NC(=O)[C@H](CC(C)C)NC(=O)[C@H](CCCCN)NC(=O)C(CCCN=C(N)N)NC(=O)[C@H](CC(N)=O)NC(=O)[C@@H]1CCCCNC(=O)CC[C@H](NC(C)=O)C(=O)N[C@@H](C)C(=O)N[C@@H](CCCCN)C(=O)N1)C(=O)N[C@@H](CCC(=O)O)C(=O)N[C@H](C(=O)N[C@H](C(N)=O)[C@@H](C)CC)[C@@H](C)CC. The maximum absolute atomic E-state index is 14.7. The van der Waals surface area contributed by atoms with E-state index >= 15 is 0 Å². The number of carbonyl (C=O) groups excluding carboxylic acids is 15. The molecule has 1 unspecified atom stereocenters. The maximum atomic E-state index is 14.7. The Labute approximate surface area is 608 Å². The minimum atomic E-state index is -1.84. The molecule has 26 N–H and O–H groups in total. The first kappa shape index (κ1) is 92.7. The number of nitrogens with one attached hydrogen (secondary N) is 13. The molecule has 1 aliphatic rings. The summed E-state index contributed by atoms with van der Waals surface area (Å²) in [5, 5.41) is 43.4. The van der Waals surface area contributed by atoms with E-state index in [1.807, 2.05) is 6.92 Å². The molecule has 1 heterocycles. The van der Waals surface area contributed by atoms with E-state index in [1.165, 1.54) is 13.8 Å². The quantitative estimate of drug-likeness (QED) is 0.0156. The van der Waals surface area contributed by atoms with Crippen LogP contribution in [0.5, 0.6) is 0 Å². The van der Waals surface area contributed by atoms with Crippen molar-refractivity contribution in [1.29, 1.82) is 0 Å². The van der Waals surface area contributed by atoms with Gasteiger partial charge in [0.2, 0.25) is 88.6 Å². The summed E-state index contributed by atoms with van der Waals surface area (Å²) in [5.41, 5.74) is 34.0. The molecule has 14 atom stereocenters. The maximum Gasteiger partial charge on any atom is 0.303 e. The van der Waals surface area contributed by atoms with Gasteiger partial charge in [0.15, 0.2) is 5.96 Å². The number of aliphatic imine (C=N–C) groups is 1. The number of primary amides is 2. The van der Waals surface area contributed by atoms with Gasteiger partial charge in [0.05, 0.1) is 6.42 Å². The first-order chi connectivity index (χ1) is 49.0. The Kier molecular flexibility index (Phi) is 44.7.